The zero-order chi connectivity index (χ0) is 17.4. The number of ether oxygens (including phenoxy) is 3. The van der Waals surface area contributed by atoms with Gasteiger partial charge in [0, 0.05) is 19.2 Å². The van der Waals surface area contributed by atoms with Crippen molar-refractivity contribution >= 4 is 27.5 Å². The molecule has 0 fully saturated rings. The molecule has 1 aromatic heterocycles. The molecule has 25 heavy (non-hydrogen) atoms. The van der Waals surface area contributed by atoms with Crippen LogP contribution in [-0.2, 0) is 18.3 Å². The van der Waals surface area contributed by atoms with E-state index in [0.717, 1.165) is 33.0 Å². The Balaban J connectivity index is 1.66. The first-order chi connectivity index (χ1) is 12.1. The number of thiazole rings is 1. The van der Waals surface area contributed by atoms with Crippen LogP contribution in [0.15, 0.2) is 41.4 Å². The lowest BCUT2D eigenvalue weighted by Crippen LogP contribution is -2.14. The lowest BCUT2D eigenvalue weighted by atomic mass is 10.1. The number of carbonyl (C=O) groups is 1. The average Bonchev–Trinajstić information content (AvgIpc) is 3.18. The van der Waals surface area contributed by atoms with Crippen LogP contribution in [0.25, 0.3) is 10.2 Å². The number of aromatic nitrogens is 1. The molecule has 0 radical (unpaired) electrons. The number of methoxy groups -OCH3 is 1. The third-order valence-electron chi connectivity index (χ3n) is 4.01. The summed E-state index contributed by atoms with van der Waals surface area (Å²) in [5.74, 6) is 1.97. The molecule has 1 aliphatic heterocycles. The van der Waals surface area contributed by atoms with E-state index in [1.165, 1.54) is 11.3 Å². The standard InChI is InChI=1S/C18H16N2O4S/c1-20-13-8-14-15(24-10-23-14)9-16(13)25-18(20)19-17(21)7-11-4-3-5-12(6-11)22-2/h3-6,8-9H,7,10H2,1-2H3. The second-order valence-corrected chi connectivity index (χ2v) is 6.66. The molecule has 0 N–H and O–H groups in total. The predicted octanol–water partition coefficient (Wildman–Crippen LogP) is 2.65. The minimum absolute atomic E-state index is 0.199. The molecule has 0 aliphatic carbocycles. The lowest BCUT2D eigenvalue weighted by Gasteiger charge is -2.02. The van der Waals surface area contributed by atoms with Crippen molar-refractivity contribution < 1.29 is 19.0 Å². The van der Waals surface area contributed by atoms with Gasteiger partial charge in [0.05, 0.1) is 23.7 Å². The molecule has 128 valence electrons. The topological polar surface area (TPSA) is 62.0 Å². The minimum Gasteiger partial charge on any atom is -0.497 e. The minimum atomic E-state index is -0.199. The van der Waals surface area contributed by atoms with Crippen molar-refractivity contribution in [2.75, 3.05) is 13.9 Å². The summed E-state index contributed by atoms with van der Waals surface area (Å²) in [5.41, 5.74) is 1.83. The fourth-order valence-corrected chi connectivity index (χ4v) is 3.77. The molecule has 0 atom stereocenters. The number of hydrogen-bond acceptors (Lipinski definition) is 5. The number of nitrogens with zero attached hydrogens (tertiary/aromatic N) is 2. The van der Waals surface area contributed by atoms with Crippen LogP contribution in [0.1, 0.15) is 5.56 Å². The highest BCUT2D eigenvalue weighted by molar-refractivity contribution is 7.16. The van der Waals surface area contributed by atoms with E-state index in [0.29, 0.717) is 4.80 Å². The molecule has 0 bridgehead atoms. The van der Waals surface area contributed by atoms with Crippen LogP contribution in [0.2, 0.25) is 0 Å². The van der Waals surface area contributed by atoms with Crippen molar-refractivity contribution in [1.29, 1.82) is 0 Å². The third-order valence-corrected chi connectivity index (χ3v) is 5.11. The number of fused-ring (bicyclic) bond motifs is 2. The lowest BCUT2D eigenvalue weighted by molar-refractivity contribution is -0.117. The maximum atomic E-state index is 12.3. The molecule has 1 amide bonds. The number of aryl methyl sites for hydroxylation is 1. The molecule has 0 spiro atoms. The maximum absolute atomic E-state index is 12.3. The highest BCUT2D eigenvalue weighted by atomic mass is 32.1. The van der Waals surface area contributed by atoms with Crippen LogP contribution in [0, 0.1) is 0 Å². The zero-order valence-corrected chi connectivity index (χ0v) is 14.6. The summed E-state index contributed by atoms with van der Waals surface area (Å²) >= 11 is 1.45. The van der Waals surface area contributed by atoms with Gasteiger partial charge < -0.3 is 18.8 Å². The quantitative estimate of drug-likeness (QED) is 0.724. The van der Waals surface area contributed by atoms with E-state index < -0.39 is 0 Å². The summed E-state index contributed by atoms with van der Waals surface area (Å²) in [6.45, 7) is 0.243. The van der Waals surface area contributed by atoms with Crippen molar-refractivity contribution in [2.24, 2.45) is 12.0 Å². The van der Waals surface area contributed by atoms with Gasteiger partial charge in [-0.1, -0.05) is 23.5 Å². The molecule has 0 unspecified atom stereocenters. The number of carbonyl (C=O) groups excluding carboxylic acids is 1. The number of rotatable bonds is 3. The molecule has 3 aromatic rings. The first kappa shape index (κ1) is 15.7. The zero-order valence-electron chi connectivity index (χ0n) is 13.8. The van der Waals surface area contributed by atoms with Crippen LogP contribution in [0.4, 0.5) is 0 Å². The van der Waals surface area contributed by atoms with Gasteiger partial charge in [-0.2, -0.15) is 4.99 Å². The van der Waals surface area contributed by atoms with E-state index >= 15 is 0 Å². The van der Waals surface area contributed by atoms with E-state index in [2.05, 4.69) is 4.99 Å². The van der Waals surface area contributed by atoms with Gasteiger partial charge in [-0.15, -0.1) is 0 Å². The van der Waals surface area contributed by atoms with E-state index in [1.54, 1.807) is 7.11 Å². The summed E-state index contributed by atoms with van der Waals surface area (Å²) in [6.07, 6.45) is 0.230. The van der Waals surface area contributed by atoms with Gasteiger partial charge in [0.15, 0.2) is 16.3 Å². The number of benzene rings is 2. The van der Waals surface area contributed by atoms with Crippen LogP contribution in [0.3, 0.4) is 0 Å². The smallest absolute Gasteiger partial charge is 0.252 e. The summed E-state index contributed by atoms with van der Waals surface area (Å²) < 4.78 is 18.9. The molecule has 2 heterocycles. The average molecular weight is 356 g/mol. The molecule has 2 aromatic carbocycles. The van der Waals surface area contributed by atoms with Crippen molar-refractivity contribution in [2.45, 2.75) is 6.42 Å². The predicted molar refractivity (Wildman–Crippen MR) is 94.2 cm³/mol. The molecule has 0 saturated carbocycles. The highest BCUT2D eigenvalue weighted by Crippen LogP contribution is 2.36. The maximum Gasteiger partial charge on any atom is 0.252 e. The van der Waals surface area contributed by atoms with Crippen molar-refractivity contribution in [3.8, 4) is 17.2 Å². The normalized spacial score (nSPS) is 13.4. The Morgan fingerprint density at radius 1 is 1.28 bits per heavy atom. The van der Waals surface area contributed by atoms with Crippen LogP contribution >= 0.6 is 11.3 Å². The molecule has 0 saturated heterocycles. The summed E-state index contributed by atoms with van der Waals surface area (Å²) in [7, 11) is 3.49. The third kappa shape index (κ3) is 2.98. The molecule has 1 aliphatic rings. The summed E-state index contributed by atoms with van der Waals surface area (Å²) in [6, 6.07) is 11.3. The van der Waals surface area contributed by atoms with Gasteiger partial charge in [0.1, 0.15) is 5.75 Å². The Hall–Kier alpha value is -2.80. The molecule has 7 heteroatoms. The fourth-order valence-electron chi connectivity index (χ4n) is 2.73. The Bertz CT molecular complexity index is 1040. The Morgan fingerprint density at radius 3 is 2.88 bits per heavy atom. The van der Waals surface area contributed by atoms with Crippen molar-refractivity contribution in [3.05, 3.63) is 46.8 Å². The van der Waals surface area contributed by atoms with E-state index in [-0.39, 0.29) is 19.1 Å². The van der Waals surface area contributed by atoms with Gasteiger partial charge in [-0.3, -0.25) is 4.79 Å². The molecular formula is C18H16N2O4S. The molecule has 6 nitrogen and oxygen atoms in total. The van der Waals surface area contributed by atoms with Crippen LogP contribution < -0.4 is 19.0 Å². The first-order valence-corrected chi connectivity index (χ1v) is 8.55. The Morgan fingerprint density at radius 2 is 2.08 bits per heavy atom. The first-order valence-electron chi connectivity index (χ1n) is 7.74. The summed E-state index contributed by atoms with van der Waals surface area (Å²) in [5, 5.41) is 0. The van der Waals surface area contributed by atoms with Gasteiger partial charge >= 0.3 is 0 Å². The van der Waals surface area contributed by atoms with Gasteiger partial charge in [-0.05, 0) is 17.7 Å². The van der Waals surface area contributed by atoms with Crippen molar-refractivity contribution in [1.82, 2.24) is 4.57 Å². The van der Waals surface area contributed by atoms with Gasteiger partial charge in [-0.25, -0.2) is 0 Å². The van der Waals surface area contributed by atoms with Crippen LogP contribution in [0.5, 0.6) is 17.2 Å². The summed E-state index contributed by atoms with van der Waals surface area (Å²) in [4.78, 5) is 17.3. The largest absolute Gasteiger partial charge is 0.497 e. The highest BCUT2D eigenvalue weighted by Gasteiger charge is 2.16. The SMILES string of the molecule is COc1cccc(CC(=O)N=c2sc3cc4c(cc3n2C)OCO4)c1. The Kier molecular flexibility index (Phi) is 3.93. The van der Waals surface area contributed by atoms with Gasteiger partial charge in [0.2, 0.25) is 6.79 Å². The van der Waals surface area contributed by atoms with Crippen LogP contribution in [-0.4, -0.2) is 24.4 Å². The number of amides is 1. The second kappa shape index (κ2) is 6.25. The second-order valence-electron chi connectivity index (χ2n) is 5.65. The Labute approximate surface area is 147 Å². The monoisotopic (exact) mass is 356 g/mol. The van der Waals surface area contributed by atoms with Crippen molar-refractivity contribution in [3.63, 3.8) is 0 Å². The van der Waals surface area contributed by atoms with E-state index in [9.17, 15) is 4.79 Å². The number of hydrogen-bond donors (Lipinski definition) is 0. The molecular weight excluding hydrogens is 340 g/mol. The fraction of sp³-hybridized carbons (Fsp3) is 0.222. The van der Waals surface area contributed by atoms with E-state index in [1.807, 2.05) is 48.0 Å². The molecule has 4 rings (SSSR count). The van der Waals surface area contributed by atoms with Gasteiger partial charge in [0.25, 0.3) is 5.91 Å². The van der Waals surface area contributed by atoms with E-state index in [4.69, 9.17) is 14.2 Å².